The normalized spacial score (nSPS) is 15.6. The van der Waals surface area contributed by atoms with Gasteiger partial charge >= 0.3 is 0 Å². The summed E-state index contributed by atoms with van der Waals surface area (Å²) in [6.07, 6.45) is 3.46. The molecule has 0 amide bonds. The van der Waals surface area contributed by atoms with Crippen molar-refractivity contribution in [2.45, 2.75) is 25.2 Å². The van der Waals surface area contributed by atoms with Crippen LogP contribution in [0.15, 0.2) is 16.5 Å². The van der Waals surface area contributed by atoms with E-state index < -0.39 is 0 Å². The van der Waals surface area contributed by atoms with Gasteiger partial charge in [0.1, 0.15) is 11.8 Å². The minimum Gasteiger partial charge on any atom is -0.440 e. The van der Waals surface area contributed by atoms with Crippen molar-refractivity contribution in [3.8, 4) is 0 Å². The maximum absolute atomic E-state index is 10.5. The van der Waals surface area contributed by atoms with Gasteiger partial charge in [-0.2, -0.15) is 0 Å². The summed E-state index contributed by atoms with van der Waals surface area (Å²) in [4.78, 5) is 14.9. The molecule has 1 heterocycles. The van der Waals surface area contributed by atoms with Gasteiger partial charge in [0, 0.05) is 17.4 Å². The van der Waals surface area contributed by atoms with Crippen LogP contribution in [0.3, 0.4) is 0 Å². The summed E-state index contributed by atoms with van der Waals surface area (Å²) in [5.74, 6) is 1.29. The highest BCUT2D eigenvalue weighted by Crippen LogP contribution is 2.41. The minimum atomic E-state index is 0.314. The van der Waals surface area contributed by atoms with E-state index >= 15 is 0 Å². The summed E-state index contributed by atoms with van der Waals surface area (Å²) in [6.45, 7) is 0. The van der Waals surface area contributed by atoms with Gasteiger partial charge in [0.05, 0.1) is 0 Å². The highest BCUT2D eigenvalue weighted by atomic mass is 35.5. The Labute approximate surface area is 97.4 Å². The molecule has 0 bridgehead atoms. The van der Waals surface area contributed by atoms with Gasteiger partial charge in [-0.3, -0.25) is 0 Å². The molecule has 0 saturated heterocycles. The number of aromatic nitrogens is 1. The van der Waals surface area contributed by atoms with Crippen LogP contribution in [0.25, 0.3) is 11.1 Å². The highest BCUT2D eigenvalue weighted by molar-refractivity contribution is 6.32. The number of fused-ring (bicyclic) bond motifs is 1. The summed E-state index contributed by atoms with van der Waals surface area (Å²) in [7, 11) is 0. The number of nitrogens with zero attached hydrogens (tertiary/aromatic N) is 1. The number of oxazole rings is 1. The second-order valence-corrected chi connectivity index (χ2v) is 4.52. The van der Waals surface area contributed by atoms with Gasteiger partial charge in [0.2, 0.25) is 0 Å². The van der Waals surface area contributed by atoms with Crippen LogP contribution in [-0.2, 0) is 11.2 Å². The molecule has 3 nitrogen and oxygen atoms in total. The Morgan fingerprint density at radius 2 is 2.31 bits per heavy atom. The van der Waals surface area contributed by atoms with E-state index in [-0.39, 0.29) is 0 Å². The maximum Gasteiger partial charge on any atom is 0.198 e. The molecule has 1 aliphatic carbocycles. The fourth-order valence-corrected chi connectivity index (χ4v) is 1.99. The smallest absolute Gasteiger partial charge is 0.198 e. The predicted octanol–water partition coefficient (Wildman–Crippen LogP) is 3.10. The van der Waals surface area contributed by atoms with Gasteiger partial charge in [-0.05, 0) is 30.5 Å². The second kappa shape index (κ2) is 3.59. The van der Waals surface area contributed by atoms with E-state index in [9.17, 15) is 4.79 Å². The van der Waals surface area contributed by atoms with E-state index in [0.29, 0.717) is 17.4 Å². The molecule has 3 rings (SSSR count). The zero-order valence-electron chi connectivity index (χ0n) is 8.57. The molecule has 1 aliphatic rings. The van der Waals surface area contributed by atoms with Crippen LogP contribution in [0.1, 0.15) is 30.2 Å². The molecule has 0 atom stereocenters. The summed E-state index contributed by atoms with van der Waals surface area (Å²) in [6, 6.07) is 3.58. The van der Waals surface area contributed by atoms with E-state index in [1.165, 1.54) is 0 Å². The number of rotatable bonds is 3. The van der Waals surface area contributed by atoms with Gasteiger partial charge in [-0.15, -0.1) is 0 Å². The van der Waals surface area contributed by atoms with Gasteiger partial charge in [-0.25, -0.2) is 4.98 Å². The SMILES string of the molecule is O=CCc1cc2oc(C3CC3)nc2cc1Cl. The predicted molar refractivity (Wildman–Crippen MR) is 60.8 cm³/mol. The largest absolute Gasteiger partial charge is 0.440 e. The van der Waals surface area contributed by atoms with Crippen LogP contribution >= 0.6 is 11.6 Å². The van der Waals surface area contributed by atoms with Crippen LogP contribution in [0.4, 0.5) is 0 Å². The van der Waals surface area contributed by atoms with Gasteiger partial charge < -0.3 is 9.21 Å². The van der Waals surface area contributed by atoms with Crippen molar-refractivity contribution in [1.29, 1.82) is 0 Å². The van der Waals surface area contributed by atoms with Crippen molar-refractivity contribution in [2.75, 3.05) is 0 Å². The Morgan fingerprint density at radius 3 is 3.00 bits per heavy atom. The topological polar surface area (TPSA) is 43.1 Å². The average molecular weight is 236 g/mol. The molecule has 0 radical (unpaired) electrons. The monoisotopic (exact) mass is 235 g/mol. The molecule has 1 fully saturated rings. The zero-order chi connectivity index (χ0) is 11.1. The summed E-state index contributed by atoms with van der Waals surface area (Å²) >= 11 is 6.05. The van der Waals surface area contributed by atoms with Crippen LogP contribution < -0.4 is 0 Å². The molecule has 4 heteroatoms. The van der Waals surface area contributed by atoms with E-state index in [2.05, 4.69) is 4.98 Å². The minimum absolute atomic E-state index is 0.314. The molecule has 0 aliphatic heterocycles. The molecule has 0 unspecified atom stereocenters. The molecule has 16 heavy (non-hydrogen) atoms. The molecule has 2 aromatic rings. The fourth-order valence-electron chi connectivity index (χ4n) is 1.76. The first-order valence-electron chi connectivity index (χ1n) is 5.30. The van der Waals surface area contributed by atoms with Crippen LogP contribution in [0, 0.1) is 0 Å². The van der Waals surface area contributed by atoms with Crippen molar-refractivity contribution in [3.05, 3.63) is 28.6 Å². The van der Waals surface area contributed by atoms with E-state index in [1.54, 1.807) is 6.07 Å². The highest BCUT2D eigenvalue weighted by Gasteiger charge is 2.29. The molecule has 0 N–H and O–H groups in total. The number of aldehydes is 1. The molecule has 1 aromatic heterocycles. The van der Waals surface area contributed by atoms with Crippen molar-refractivity contribution in [2.24, 2.45) is 0 Å². The van der Waals surface area contributed by atoms with E-state index in [1.807, 2.05) is 6.07 Å². The molecule has 1 saturated carbocycles. The number of halogens is 1. The Morgan fingerprint density at radius 1 is 1.50 bits per heavy atom. The number of benzene rings is 1. The Kier molecular flexibility index (Phi) is 2.21. The van der Waals surface area contributed by atoms with Crippen LogP contribution in [0.5, 0.6) is 0 Å². The Bertz CT molecular complexity index is 557. The number of hydrogen-bond donors (Lipinski definition) is 0. The third-order valence-electron chi connectivity index (χ3n) is 2.80. The Hall–Kier alpha value is -1.35. The van der Waals surface area contributed by atoms with Crippen molar-refractivity contribution in [3.63, 3.8) is 0 Å². The molecular formula is C12H10ClNO2. The van der Waals surface area contributed by atoms with Gasteiger partial charge in [0.25, 0.3) is 0 Å². The van der Waals surface area contributed by atoms with Crippen LogP contribution in [-0.4, -0.2) is 11.3 Å². The summed E-state index contributed by atoms with van der Waals surface area (Å²) in [5, 5.41) is 0.579. The quantitative estimate of drug-likeness (QED) is 0.768. The third kappa shape index (κ3) is 1.61. The lowest BCUT2D eigenvalue weighted by atomic mass is 10.1. The maximum atomic E-state index is 10.5. The second-order valence-electron chi connectivity index (χ2n) is 4.11. The lowest BCUT2D eigenvalue weighted by Gasteiger charge is -1.97. The lowest BCUT2D eigenvalue weighted by molar-refractivity contribution is -0.107. The first kappa shape index (κ1) is 9.85. The molecule has 0 spiro atoms. The lowest BCUT2D eigenvalue weighted by Crippen LogP contribution is -1.86. The average Bonchev–Trinajstić information content (AvgIpc) is 3.02. The van der Waals surface area contributed by atoms with Crippen LogP contribution in [0.2, 0.25) is 5.02 Å². The first-order valence-corrected chi connectivity index (χ1v) is 5.68. The molecule has 82 valence electrons. The van der Waals surface area contributed by atoms with Crippen molar-refractivity contribution < 1.29 is 9.21 Å². The summed E-state index contributed by atoms with van der Waals surface area (Å²) in [5.41, 5.74) is 2.30. The number of carbonyl (C=O) groups is 1. The molecular weight excluding hydrogens is 226 g/mol. The number of hydrogen-bond acceptors (Lipinski definition) is 3. The molecule has 1 aromatic carbocycles. The fraction of sp³-hybridized carbons (Fsp3) is 0.333. The zero-order valence-corrected chi connectivity index (χ0v) is 9.33. The first-order chi connectivity index (χ1) is 7.78. The van der Waals surface area contributed by atoms with Crippen molar-refractivity contribution >= 4 is 29.0 Å². The van der Waals surface area contributed by atoms with E-state index in [0.717, 1.165) is 41.7 Å². The Balaban J connectivity index is 2.11. The van der Waals surface area contributed by atoms with E-state index in [4.69, 9.17) is 16.0 Å². The van der Waals surface area contributed by atoms with Gasteiger partial charge in [0.15, 0.2) is 11.5 Å². The van der Waals surface area contributed by atoms with Crippen molar-refractivity contribution in [1.82, 2.24) is 4.98 Å². The standard InChI is InChI=1S/C12H10ClNO2/c13-9-6-10-11(5-8(9)3-4-15)16-12(14-10)7-1-2-7/h4-7H,1-3H2. The number of carbonyl (C=O) groups excluding carboxylic acids is 1. The third-order valence-corrected chi connectivity index (χ3v) is 3.15. The van der Waals surface area contributed by atoms with Gasteiger partial charge in [-0.1, -0.05) is 11.6 Å². The summed E-state index contributed by atoms with van der Waals surface area (Å²) < 4.78 is 5.65.